The third-order valence-corrected chi connectivity index (χ3v) is 2.94. The van der Waals surface area contributed by atoms with Gasteiger partial charge in [0.25, 0.3) is 0 Å². The van der Waals surface area contributed by atoms with E-state index in [2.05, 4.69) is 17.1 Å². The molecule has 0 spiro atoms. The van der Waals surface area contributed by atoms with E-state index in [0.29, 0.717) is 12.0 Å². The van der Waals surface area contributed by atoms with Crippen LogP contribution in [0, 0.1) is 0 Å². The lowest BCUT2D eigenvalue weighted by Crippen LogP contribution is -2.09. The van der Waals surface area contributed by atoms with Crippen molar-refractivity contribution < 1.29 is 4.79 Å². The third kappa shape index (κ3) is 2.50. The van der Waals surface area contributed by atoms with E-state index >= 15 is 0 Å². The van der Waals surface area contributed by atoms with E-state index in [0.717, 1.165) is 24.4 Å². The van der Waals surface area contributed by atoms with Crippen LogP contribution in [0.2, 0.25) is 0 Å². The Morgan fingerprint density at radius 2 is 2.17 bits per heavy atom. The Kier molecular flexibility index (Phi) is 3.60. The highest BCUT2D eigenvalue weighted by Gasteiger charge is 2.13. The first-order chi connectivity index (χ1) is 8.63. The fourth-order valence-corrected chi connectivity index (χ4v) is 1.94. The number of carbonyl (C=O) groups excluding carboxylic acids is 1. The van der Waals surface area contributed by atoms with Crippen LogP contribution >= 0.6 is 0 Å². The number of hydrogen-bond donors (Lipinski definition) is 0. The number of rotatable bonds is 5. The molecular formula is C13H18N4O. The van der Waals surface area contributed by atoms with E-state index in [1.807, 2.05) is 24.7 Å². The van der Waals surface area contributed by atoms with Crippen molar-refractivity contribution in [3.63, 3.8) is 0 Å². The van der Waals surface area contributed by atoms with Gasteiger partial charge >= 0.3 is 0 Å². The standard InChI is InChI=1S/C13H18N4O/c1-4-11-6-12(17(5-2)15-11)7-13(18)10-8-14-16(3)9-10/h6,8-9H,4-5,7H2,1-3H3. The van der Waals surface area contributed by atoms with Gasteiger partial charge in [-0.1, -0.05) is 6.92 Å². The number of Topliss-reactive ketones (excluding diaryl/α,β-unsaturated/α-hetero) is 1. The van der Waals surface area contributed by atoms with E-state index in [1.165, 1.54) is 0 Å². The van der Waals surface area contributed by atoms with Gasteiger partial charge in [0, 0.05) is 25.5 Å². The number of aromatic nitrogens is 4. The lowest BCUT2D eigenvalue weighted by Gasteiger charge is -2.02. The maximum atomic E-state index is 12.1. The molecule has 5 heteroatoms. The molecule has 2 aromatic rings. The molecule has 5 nitrogen and oxygen atoms in total. The zero-order valence-corrected chi connectivity index (χ0v) is 11.1. The summed E-state index contributed by atoms with van der Waals surface area (Å²) >= 11 is 0. The molecule has 0 bridgehead atoms. The summed E-state index contributed by atoms with van der Waals surface area (Å²) in [6, 6.07) is 2.01. The van der Waals surface area contributed by atoms with Gasteiger partial charge in [-0.05, 0) is 19.4 Å². The number of aryl methyl sites for hydroxylation is 3. The predicted molar refractivity (Wildman–Crippen MR) is 68.5 cm³/mol. The first-order valence-corrected chi connectivity index (χ1v) is 6.21. The van der Waals surface area contributed by atoms with Gasteiger partial charge in [0.05, 0.1) is 23.9 Å². The van der Waals surface area contributed by atoms with E-state index < -0.39 is 0 Å². The summed E-state index contributed by atoms with van der Waals surface area (Å²) in [5, 5.41) is 8.46. The summed E-state index contributed by atoms with van der Waals surface area (Å²) in [6.07, 6.45) is 4.62. The van der Waals surface area contributed by atoms with E-state index in [1.54, 1.807) is 17.1 Å². The molecule has 0 fully saturated rings. The maximum Gasteiger partial charge on any atom is 0.171 e. The molecule has 0 aliphatic carbocycles. The number of hydrogen-bond acceptors (Lipinski definition) is 3. The van der Waals surface area contributed by atoms with Crippen LogP contribution < -0.4 is 0 Å². The number of carbonyl (C=O) groups is 1. The van der Waals surface area contributed by atoms with Gasteiger partial charge in [0.15, 0.2) is 5.78 Å². The Morgan fingerprint density at radius 3 is 2.72 bits per heavy atom. The molecule has 0 aromatic carbocycles. The molecule has 0 aliphatic heterocycles. The van der Waals surface area contributed by atoms with Crippen molar-refractivity contribution >= 4 is 5.78 Å². The fourth-order valence-electron chi connectivity index (χ4n) is 1.94. The highest BCUT2D eigenvalue weighted by Crippen LogP contribution is 2.10. The molecule has 0 amide bonds. The van der Waals surface area contributed by atoms with E-state index in [4.69, 9.17) is 0 Å². The van der Waals surface area contributed by atoms with Crippen LogP contribution in [0.1, 0.15) is 35.6 Å². The summed E-state index contributed by atoms with van der Waals surface area (Å²) in [7, 11) is 1.81. The second-order valence-corrected chi connectivity index (χ2v) is 4.30. The number of ketones is 1. The molecule has 2 aromatic heterocycles. The molecule has 2 rings (SSSR count). The van der Waals surface area contributed by atoms with Crippen LogP contribution in [0.25, 0.3) is 0 Å². The second-order valence-electron chi connectivity index (χ2n) is 4.30. The molecule has 0 N–H and O–H groups in total. The SMILES string of the molecule is CCc1cc(CC(=O)c2cnn(C)c2)n(CC)n1. The summed E-state index contributed by atoms with van der Waals surface area (Å²) in [5.74, 6) is 0.0837. The van der Waals surface area contributed by atoms with Gasteiger partial charge in [-0.3, -0.25) is 14.2 Å². The minimum Gasteiger partial charge on any atom is -0.294 e. The summed E-state index contributed by atoms with van der Waals surface area (Å²) in [5.41, 5.74) is 2.66. The second kappa shape index (κ2) is 5.16. The average Bonchev–Trinajstić information content (AvgIpc) is 2.95. The molecule has 0 radical (unpaired) electrons. The monoisotopic (exact) mass is 246 g/mol. The lowest BCUT2D eigenvalue weighted by molar-refractivity contribution is 0.0990. The van der Waals surface area contributed by atoms with Crippen molar-refractivity contribution in [3.8, 4) is 0 Å². The Labute approximate surface area is 106 Å². The average molecular weight is 246 g/mol. The van der Waals surface area contributed by atoms with Gasteiger partial charge in [-0.15, -0.1) is 0 Å². The molecule has 0 unspecified atom stereocenters. The molecule has 96 valence electrons. The number of nitrogens with zero attached hydrogens (tertiary/aromatic N) is 4. The minimum absolute atomic E-state index is 0.0837. The van der Waals surface area contributed by atoms with Gasteiger partial charge < -0.3 is 0 Å². The predicted octanol–water partition coefficient (Wildman–Crippen LogP) is 1.62. The molecule has 0 atom stereocenters. The maximum absolute atomic E-state index is 12.1. The quantitative estimate of drug-likeness (QED) is 0.753. The molecule has 0 saturated carbocycles. The van der Waals surface area contributed by atoms with Gasteiger partial charge in [-0.2, -0.15) is 10.2 Å². The Bertz CT molecular complexity index is 553. The fraction of sp³-hybridized carbons (Fsp3) is 0.462. The smallest absolute Gasteiger partial charge is 0.171 e. The first kappa shape index (κ1) is 12.5. The highest BCUT2D eigenvalue weighted by atomic mass is 16.1. The van der Waals surface area contributed by atoms with Crippen molar-refractivity contribution in [1.82, 2.24) is 19.6 Å². The van der Waals surface area contributed by atoms with Crippen LogP contribution in [0.4, 0.5) is 0 Å². The third-order valence-electron chi connectivity index (χ3n) is 2.94. The lowest BCUT2D eigenvalue weighted by atomic mass is 10.1. The highest BCUT2D eigenvalue weighted by molar-refractivity contribution is 5.96. The van der Waals surface area contributed by atoms with Gasteiger partial charge in [-0.25, -0.2) is 0 Å². The summed E-state index contributed by atoms with van der Waals surface area (Å²) in [6.45, 7) is 4.88. The molecule has 2 heterocycles. The van der Waals surface area contributed by atoms with Crippen LogP contribution in [-0.4, -0.2) is 25.3 Å². The van der Waals surface area contributed by atoms with Crippen LogP contribution in [0.5, 0.6) is 0 Å². The van der Waals surface area contributed by atoms with Crippen LogP contribution in [-0.2, 0) is 26.4 Å². The van der Waals surface area contributed by atoms with Crippen molar-refractivity contribution in [2.75, 3.05) is 0 Å². The van der Waals surface area contributed by atoms with Crippen LogP contribution in [0.3, 0.4) is 0 Å². The molecular weight excluding hydrogens is 228 g/mol. The largest absolute Gasteiger partial charge is 0.294 e. The Balaban J connectivity index is 2.18. The summed E-state index contributed by atoms with van der Waals surface area (Å²) < 4.78 is 3.54. The Hall–Kier alpha value is -1.91. The van der Waals surface area contributed by atoms with Crippen LogP contribution in [0.15, 0.2) is 18.5 Å². The molecule has 18 heavy (non-hydrogen) atoms. The van der Waals surface area contributed by atoms with Gasteiger partial charge in [0.1, 0.15) is 0 Å². The zero-order valence-electron chi connectivity index (χ0n) is 11.1. The van der Waals surface area contributed by atoms with Crippen molar-refractivity contribution in [2.24, 2.45) is 7.05 Å². The zero-order chi connectivity index (χ0) is 13.1. The Morgan fingerprint density at radius 1 is 1.39 bits per heavy atom. The van der Waals surface area contributed by atoms with Crippen molar-refractivity contribution in [3.05, 3.63) is 35.4 Å². The van der Waals surface area contributed by atoms with Crippen molar-refractivity contribution in [2.45, 2.75) is 33.2 Å². The van der Waals surface area contributed by atoms with E-state index in [9.17, 15) is 4.79 Å². The minimum atomic E-state index is 0.0837. The first-order valence-electron chi connectivity index (χ1n) is 6.21. The molecule has 0 saturated heterocycles. The topological polar surface area (TPSA) is 52.7 Å². The van der Waals surface area contributed by atoms with Gasteiger partial charge in [0.2, 0.25) is 0 Å². The summed E-state index contributed by atoms with van der Waals surface area (Å²) in [4.78, 5) is 12.1. The van der Waals surface area contributed by atoms with E-state index in [-0.39, 0.29) is 5.78 Å². The molecule has 0 aliphatic rings. The normalized spacial score (nSPS) is 10.8. The van der Waals surface area contributed by atoms with Crippen molar-refractivity contribution in [1.29, 1.82) is 0 Å².